The summed E-state index contributed by atoms with van der Waals surface area (Å²) < 4.78 is 0. The molecule has 100 valence electrons. The molecule has 2 fully saturated rings. The highest BCUT2D eigenvalue weighted by Crippen LogP contribution is 2.05. The fraction of sp³-hybridized carbons (Fsp3) is 0.727. The van der Waals surface area contributed by atoms with Crippen LogP contribution in [0.15, 0.2) is 0 Å². The highest BCUT2D eigenvalue weighted by atomic mass is 16.2. The Hall–Kier alpha value is -1.47. The van der Waals surface area contributed by atoms with Crippen LogP contribution in [0.2, 0.25) is 0 Å². The maximum atomic E-state index is 11.9. The van der Waals surface area contributed by atoms with E-state index >= 15 is 0 Å². The molecule has 0 spiro atoms. The molecular weight excluding hydrogens is 236 g/mol. The van der Waals surface area contributed by atoms with Gasteiger partial charge in [0.05, 0.1) is 6.04 Å². The van der Waals surface area contributed by atoms with Crippen LogP contribution in [0, 0.1) is 0 Å². The second-order valence-electron chi connectivity index (χ2n) is 4.78. The lowest BCUT2D eigenvalue weighted by molar-refractivity contribution is -0.137. The normalized spacial score (nSPS) is 32.8. The molecule has 0 aliphatic carbocycles. The molecule has 0 saturated carbocycles. The van der Waals surface area contributed by atoms with E-state index in [0.717, 1.165) is 0 Å². The van der Waals surface area contributed by atoms with Gasteiger partial charge < -0.3 is 16.0 Å². The first-order chi connectivity index (χ1) is 8.56. The van der Waals surface area contributed by atoms with Crippen LogP contribution in [-0.2, 0) is 14.4 Å². The van der Waals surface area contributed by atoms with E-state index in [9.17, 15) is 14.4 Å². The molecular formula is C11H18N4O3. The van der Waals surface area contributed by atoms with Gasteiger partial charge in [0, 0.05) is 25.6 Å². The van der Waals surface area contributed by atoms with E-state index in [1.54, 1.807) is 0 Å². The maximum Gasteiger partial charge on any atom is 0.249 e. The molecule has 2 saturated heterocycles. The zero-order chi connectivity index (χ0) is 13.1. The fourth-order valence-electron chi connectivity index (χ4n) is 2.07. The van der Waals surface area contributed by atoms with Crippen molar-refractivity contribution in [1.82, 2.24) is 21.3 Å². The van der Waals surface area contributed by atoms with Crippen LogP contribution in [-0.4, -0.2) is 48.9 Å². The van der Waals surface area contributed by atoms with Crippen molar-refractivity contribution >= 4 is 17.7 Å². The third kappa shape index (κ3) is 3.05. The molecule has 2 aliphatic rings. The minimum Gasteiger partial charge on any atom is -0.343 e. The fourth-order valence-corrected chi connectivity index (χ4v) is 2.07. The Morgan fingerprint density at radius 3 is 2.67 bits per heavy atom. The summed E-state index contributed by atoms with van der Waals surface area (Å²) in [5.41, 5.74) is 0. The molecule has 0 bridgehead atoms. The predicted molar refractivity (Wildman–Crippen MR) is 63.6 cm³/mol. The van der Waals surface area contributed by atoms with Gasteiger partial charge in [0.25, 0.3) is 0 Å². The third-order valence-corrected chi connectivity index (χ3v) is 3.21. The average molecular weight is 254 g/mol. The van der Waals surface area contributed by atoms with Gasteiger partial charge >= 0.3 is 0 Å². The van der Waals surface area contributed by atoms with E-state index in [1.165, 1.54) is 0 Å². The van der Waals surface area contributed by atoms with E-state index < -0.39 is 11.9 Å². The molecule has 2 rings (SSSR count). The Balaban J connectivity index is 1.84. The van der Waals surface area contributed by atoms with Crippen LogP contribution in [0.1, 0.15) is 19.8 Å². The zero-order valence-electron chi connectivity index (χ0n) is 10.3. The van der Waals surface area contributed by atoms with Gasteiger partial charge in [0.1, 0.15) is 6.04 Å². The van der Waals surface area contributed by atoms with Crippen molar-refractivity contribution in [2.45, 2.75) is 37.9 Å². The summed E-state index contributed by atoms with van der Waals surface area (Å²) in [4.78, 5) is 34.4. The maximum absolute atomic E-state index is 11.9. The molecule has 0 aromatic carbocycles. The number of carbonyl (C=O) groups is 3. The topological polar surface area (TPSA) is 99.3 Å². The summed E-state index contributed by atoms with van der Waals surface area (Å²) in [5.74, 6) is -0.905. The summed E-state index contributed by atoms with van der Waals surface area (Å²) >= 11 is 0. The Morgan fingerprint density at radius 2 is 2.06 bits per heavy atom. The molecule has 4 N–H and O–H groups in total. The van der Waals surface area contributed by atoms with Gasteiger partial charge in [-0.25, -0.2) is 0 Å². The van der Waals surface area contributed by atoms with Crippen molar-refractivity contribution in [2.24, 2.45) is 0 Å². The summed E-state index contributed by atoms with van der Waals surface area (Å²) in [7, 11) is 0. The Bertz CT molecular complexity index is 363. The van der Waals surface area contributed by atoms with Gasteiger partial charge in [-0.2, -0.15) is 0 Å². The molecule has 18 heavy (non-hydrogen) atoms. The summed E-state index contributed by atoms with van der Waals surface area (Å²) in [5, 5.41) is 11.2. The van der Waals surface area contributed by atoms with Crippen LogP contribution >= 0.6 is 0 Å². The molecule has 7 heteroatoms. The van der Waals surface area contributed by atoms with Crippen molar-refractivity contribution in [1.29, 1.82) is 0 Å². The van der Waals surface area contributed by atoms with Crippen molar-refractivity contribution in [2.75, 3.05) is 13.1 Å². The second-order valence-corrected chi connectivity index (χ2v) is 4.78. The lowest BCUT2D eigenvalue weighted by Crippen LogP contribution is -2.62. The van der Waals surface area contributed by atoms with Crippen LogP contribution in [0.25, 0.3) is 0 Å². The molecule has 3 unspecified atom stereocenters. The number of nitrogens with one attached hydrogen (secondary N) is 4. The smallest absolute Gasteiger partial charge is 0.249 e. The lowest BCUT2D eigenvalue weighted by atomic mass is 10.1. The SMILES string of the molecule is CC1CNC(C(=O)NC2CCC(=O)NC2=O)CN1. The monoisotopic (exact) mass is 254 g/mol. The van der Waals surface area contributed by atoms with Crippen LogP contribution in [0.3, 0.4) is 0 Å². The molecule has 0 aromatic heterocycles. The molecule has 2 heterocycles. The number of imide groups is 1. The van der Waals surface area contributed by atoms with Gasteiger partial charge in [0.2, 0.25) is 17.7 Å². The third-order valence-electron chi connectivity index (χ3n) is 3.21. The van der Waals surface area contributed by atoms with Gasteiger partial charge in [-0.15, -0.1) is 0 Å². The van der Waals surface area contributed by atoms with Crippen LogP contribution in [0.4, 0.5) is 0 Å². The number of carbonyl (C=O) groups excluding carboxylic acids is 3. The second kappa shape index (κ2) is 5.45. The summed E-state index contributed by atoms with van der Waals surface area (Å²) in [6.45, 7) is 3.29. The molecule has 0 radical (unpaired) electrons. The minimum atomic E-state index is -0.601. The molecule has 0 aromatic rings. The van der Waals surface area contributed by atoms with Gasteiger partial charge in [-0.3, -0.25) is 19.7 Å². The largest absolute Gasteiger partial charge is 0.343 e. The number of piperidine rings is 1. The minimum absolute atomic E-state index is 0.205. The number of amides is 3. The van der Waals surface area contributed by atoms with E-state index in [2.05, 4.69) is 21.3 Å². The predicted octanol–water partition coefficient (Wildman–Crippen LogP) is -2.14. The van der Waals surface area contributed by atoms with Gasteiger partial charge in [-0.05, 0) is 13.3 Å². The Morgan fingerprint density at radius 1 is 1.28 bits per heavy atom. The standard InChI is InChI=1S/C11H18N4O3/c1-6-4-13-8(5-12-6)11(18)14-7-2-3-9(16)15-10(7)17/h6-8,12-13H,2-5H2,1H3,(H,14,18)(H,15,16,17). The molecule has 2 aliphatic heterocycles. The molecule has 3 amide bonds. The Kier molecular flexibility index (Phi) is 3.93. The summed E-state index contributed by atoms with van der Waals surface area (Å²) in [6.07, 6.45) is 0.636. The van der Waals surface area contributed by atoms with Crippen LogP contribution < -0.4 is 21.3 Å². The molecule has 3 atom stereocenters. The zero-order valence-corrected chi connectivity index (χ0v) is 10.3. The van der Waals surface area contributed by atoms with Crippen molar-refractivity contribution < 1.29 is 14.4 Å². The van der Waals surface area contributed by atoms with Crippen molar-refractivity contribution in [3.8, 4) is 0 Å². The van der Waals surface area contributed by atoms with Crippen molar-refractivity contribution in [3.05, 3.63) is 0 Å². The number of hydrogen-bond donors (Lipinski definition) is 4. The van der Waals surface area contributed by atoms with E-state index in [-0.39, 0.29) is 24.3 Å². The number of hydrogen-bond acceptors (Lipinski definition) is 5. The van der Waals surface area contributed by atoms with E-state index in [1.807, 2.05) is 6.92 Å². The average Bonchev–Trinajstić information content (AvgIpc) is 2.33. The van der Waals surface area contributed by atoms with E-state index in [4.69, 9.17) is 0 Å². The van der Waals surface area contributed by atoms with Crippen LogP contribution in [0.5, 0.6) is 0 Å². The first kappa shape index (κ1) is 13.0. The van der Waals surface area contributed by atoms with Gasteiger partial charge in [0.15, 0.2) is 0 Å². The van der Waals surface area contributed by atoms with Crippen molar-refractivity contribution in [3.63, 3.8) is 0 Å². The summed E-state index contributed by atoms with van der Waals surface area (Å²) in [6, 6.07) is -0.590. The molecule has 7 nitrogen and oxygen atoms in total. The first-order valence-corrected chi connectivity index (χ1v) is 6.17. The quantitative estimate of drug-likeness (QED) is 0.421. The first-order valence-electron chi connectivity index (χ1n) is 6.17. The number of rotatable bonds is 2. The Labute approximate surface area is 105 Å². The highest BCUT2D eigenvalue weighted by Gasteiger charge is 2.31. The number of piperazine rings is 1. The van der Waals surface area contributed by atoms with Gasteiger partial charge in [-0.1, -0.05) is 0 Å². The van der Waals surface area contributed by atoms with E-state index in [0.29, 0.717) is 25.6 Å². The lowest BCUT2D eigenvalue weighted by Gasteiger charge is -2.30. The highest BCUT2D eigenvalue weighted by molar-refractivity contribution is 6.02.